The van der Waals surface area contributed by atoms with Crippen molar-refractivity contribution in [1.82, 2.24) is 14.4 Å². The summed E-state index contributed by atoms with van der Waals surface area (Å²) < 4.78 is 59.0. The van der Waals surface area contributed by atoms with Gasteiger partial charge < -0.3 is 4.52 Å². The summed E-state index contributed by atoms with van der Waals surface area (Å²) in [6, 6.07) is 9.98. The van der Waals surface area contributed by atoms with Crippen molar-refractivity contribution in [2.75, 3.05) is 26.2 Å². The maximum absolute atomic E-state index is 13.9. The fraction of sp³-hybridized carbons (Fsp3) is 0.278. The van der Waals surface area contributed by atoms with Gasteiger partial charge in [-0.25, -0.2) is 17.2 Å². The first kappa shape index (κ1) is 18.0. The van der Waals surface area contributed by atoms with Crippen LogP contribution in [-0.2, 0) is 16.6 Å². The number of halogens is 2. The highest BCUT2D eigenvalue weighted by Crippen LogP contribution is 2.23. The molecule has 0 radical (unpaired) electrons. The zero-order chi connectivity index (χ0) is 19.0. The van der Waals surface area contributed by atoms with E-state index in [1.165, 1.54) is 4.31 Å². The second-order valence-electron chi connectivity index (χ2n) is 6.38. The van der Waals surface area contributed by atoms with E-state index in [1.807, 2.05) is 24.3 Å². The maximum atomic E-state index is 13.9. The molecule has 2 aromatic carbocycles. The molecule has 0 saturated carbocycles. The number of piperazine rings is 1. The number of nitrogens with zero attached hydrogens (tertiary/aromatic N) is 3. The molecule has 6 nitrogen and oxygen atoms in total. The SMILES string of the molecule is O=S(=O)(c1cc(F)ccc1F)N1CCN(Cc2noc3ccccc23)CC1. The van der Waals surface area contributed by atoms with Crippen LogP contribution in [0, 0.1) is 11.6 Å². The van der Waals surface area contributed by atoms with E-state index >= 15 is 0 Å². The van der Waals surface area contributed by atoms with Crippen LogP contribution in [-0.4, -0.2) is 49.0 Å². The first-order valence-corrected chi connectivity index (χ1v) is 9.90. The maximum Gasteiger partial charge on any atom is 0.246 e. The van der Waals surface area contributed by atoms with Crippen LogP contribution in [0.2, 0.25) is 0 Å². The van der Waals surface area contributed by atoms with Gasteiger partial charge >= 0.3 is 0 Å². The minimum atomic E-state index is -4.08. The molecule has 0 atom stereocenters. The smallest absolute Gasteiger partial charge is 0.246 e. The van der Waals surface area contributed by atoms with Crippen molar-refractivity contribution in [3.05, 3.63) is 59.8 Å². The van der Waals surface area contributed by atoms with Crippen molar-refractivity contribution in [3.8, 4) is 0 Å². The van der Waals surface area contributed by atoms with E-state index in [0.29, 0.717) is 25.2 Å². The molecule has 0 unspecified atom stereocenters. The normalized spacial score (nSPS) is 16.8. The van der Waals surface area contributed by atoms with Gasteiger partial charge in [0.05, 0.1) is 0 Å². The number of aromatic nitrogens is 1. The molecule has 1 aliphatic heterocycles. The summed E-state index contributed by atoms with van der Waals surface area (Å²) in [5.41, 5.74) is 1.49. The van der Waals surface area contributed by atoms with Gasteiger partial charge in [0.15, 0.2) is 5.58 Å². The first-order valence-electron chi connectivity index (χ1n) is 8.46. The Hall–Kier alpha value is -2.36. The second kappa shape index (κ2) is 6.99. The van der Waals surface area contributed by atoms with E-state index in [4.69, 9.17) is 4.52 Å². The molecule has 0 N–H and O–H groups in total. The lowest BCUT2D eigenvalue weighted by atomic mass is 10.2. The molecule has 0 bridgehead atoms. The van der Waals surface area contributed by atoms with Gasteiger partial charge in [-0.1, -0.05) is 17.3 Å². The third-order valence-corrected chi connectivity index (χ3v) is 6.58. The molecule has 142 valence electrons. The number of para-hydroxylation sites is 1. The molecule has 0 amide bonds. The topological polar surface area (TPSA) is 66.7 Å². The van der Waals surface area contributed by atoms with Crippen LogP contribution in [0.1, 0.15) is 5.69 Å². The standard InChI is InChI=1S/C18H17F2N3O3S/c19-13-5-6-15(20)18(11-13)27(24,25)23-9-7-22(8-10-23)12-16-14-3-1-2-4-17(14)26-21-16/h1-6,11H,7-10,12H2. The Balaban J connectivity index is 1.46. The van der Waals surface area contributed by atoms with Gasteiger partial charge in [-0.05, 0) is 30.3 Å². The highest BCUT2D eigenvalue weighted by molar-refractivity contribution is 7.89. The Morgan fingerprint density at radius 3 is 2.56 bits per heavy atom. The number of benzene rings is 2. The molecule has 2 heterocycles. The minimum absolute atomic E-state index is 0.189. The molecule has 27 heavy (non-hydrogen) atoms. The first-order chi connectivity index (χ1) is 12.9. The lowest BCUT2D eigenvalue weighted by Crippen LogP contribution is -2.48. The van der Waals surface area contributed by atoms with Gasteiger partial charge in [-0.2, -0.15) is 4.31 Å². The molecule has 1 aliphatic rings. The van der Waals surface area contributed by atoms with Crippen molar-refractivity contribution in [2.24, 2.45) is 0 Å². The van der Waals surface area contributed by atoms with E-state index in [2.05, 4.69) is 10.1 Å². The predicted molar refractivity (Wildman–Crippen MR) is 94.4 cm³/mol. The fourth-order valence-corrected chi connectivity index (χ4v) is 4.70. The van der Waals surface area contributed by atoms with Gasteiger partial charge in [-0.15, -0.1) is 0 Å². The lowest BCUT2D eigenvalue weighted by molar-refractivity contribution is 0.178. The second-order valence-corrected chi connectivity index (χ2v) is 8.29. The van der Waals surface area contributed by atoms with Crippen LogP contribution in [0.15, 0.2) is 51.9 Å². The van der Waals surface area contributed by atoms with Crippen molar-refractivity contribution >= 4 is 21.0 Å². The highest BCUT2D eigenvalue weighted by Gasteiger charge is 2.31. The molecule has 1 saturated heterocycles. The average molecular weight is 393 g/mol. The average Bonchev–Trinajstić information content (AvgIpc) is 3.07. The van der Waals surface area contributed by atoms with Crippen LogP contribution >= 0.6 is 0 Å². The van der Waals surface area contributed by atoms with Crippen molar-refractivity contribution in [2.45, 2.75) is 11.4 Å². The Labute approximate surface area is 155 Å². The van der Waals surface area contributed by atoms with Gasteiger partial charge in [0.1, 0.15) is 22.2 Å². The third kappa shape index (κ3) is 3.45. The third-order valence-electron chi connectivity index (χ3n) is 4.67. The summed E-state index contributed by atoms with van der Waals surface area (Å²) in [5.74, 6) is -1.74. The van der Waals surface area contributed by atoms with Gasteiger partial charge in [0, 0.05) is 38.1 Å². The van der Waals surface area contributed by atoms with E-state index in [9.17, 15) is 17.2 Å². The molecule has 1 aromatic heterocycles. The van der Waals surface area contributed by atoms with E-state index in [-0.39, 0.29) is 13.1 Å². The van der Waals surface area contributed by atoms with Gasteiger partial charge in [0.25, 0.3) is 0 Å². The molecule has 3 aromatic rings. The predicted octanol–water partition coefficient (Wildman–Crippen LogP) is 2.61. The zero-order valence-corrected chi connectivity index (χ0v) is 15.1. The lowest BCUT2D eigenvalue weighted by Gasteiger charge is -2.33. The fourth-order valence-electron chi connectivity index (χ4n) is 3.21. The summed E-state index contributed by atoms with van der Waals surface area (Å²) in [5, 5.41) is 5.01. The number of fused-ring (bicyclic) bond motifs is 1. The van der Waals surface area contributed by atoms with Gasteiger partial charge in [-0.3, -0.25) is 4.90 Å². The van der Waals surface area contributed by atoms with E-state index < -0.39 is 26.6 Å². The molecular weight excluding hydrogens is 376 g/mol. The Kier molecular flexibility index (Phi) is 4.67. The quantitative estimate of drug-likeness (QED) is 0.682. The van der Waals surface area contributed by atoms with Crippen LogP contribution in [0.3, 0.4) is 0 Å². The largest absolute Gasteiger partial charge is 0.356 e. The summed E-state index contributed by atoms with van der Waals surface area (Å²) in [7, 11) is -4.08. The number of hydrogen-bond acceptors (Lipinski definition) is 5. The molecule has 4 rings (SSSR count). The van der Waals surface area contributed by atoms with Crippen LogP contribution in [0.5, 0.6) is 0 Å². The minimum Gasteiger partial charge on any atom is -0.356 e. The summed E-state index contributed by atoms with van der Waals surface area (Å²) in [6.07, 6.45) is 0. The van der Waals surface area contributed by atoms with Crippen LogP contribution in [0.4, 0.5) is 8.78 Å². The Bertz CT molecular complexity index is 1080. The van der Waals surface area contributed by atoms with Crippen molar-refractivity contribution in [3.63, 3.8) is 0 Å². The summed E-state index contributed by atoms with van der Waals surface area (Å²) in [4.78, 5) is 1.43. The van der Waals surface area contributed by atoms with Gasteiger partial charge in [0.2, 0.25) is 10.0 Å². The van der Waals surface area contributed by atoms with Crippen molar-refractivity contribution in [1.29, 1.82) is 0 Å². The molecule has 1 fully saturated rings. The summed E-state index contributed by atoms with van der Waals surface area (Å²) >= 11 is 0. The van der Waals surface area contributed by atoms with Crippen LogP contribution < -0.4 is 0 Å². The highest BCUT2D eigenvalue weighted by atomic mass is 32.2. The molecule has 0 aliphatic carbocycles. The number of sulfonamides is 1. The Morgan fingerprint density at radius 1 is 1.04 bits per heavy atom. The Morgan fingerprint density at radius 2 is 1.78 bits per heavy atom. The molecule has 9 heteroatoms. The monoisotopic (exact) mass is 393 g/mol. The summed E-state index contributed by atoms with van der Waals surface area (Å²) in [6.45, 7) is 1.82. The molecular formula is C18H17F2N3O3S. The van der Waals surface area contributed by atoms with E-state index in [1.54, 1.807) is 0 Å². The number of rotatable bonds is 4. The zero-order valence-electron chi connectivity index (χ0n) is 14.3. The van der Waals surface area contributed by atoms with Crippen LogP contribution in [0.25, 0.3) is 11.0 Å². The van der Waals surface area contributed by atoms with Crippen molar-refractivity contribution < 1.29 is 21.7 Å². The molecule has 0 spiro atoms. The number of hydrogen-bond donors (Lipinski definition) is 0. The van der Waals surface area contributed by atoms with E-state index in [0.717, 1.165) is 29.3 Å².